The first-order valence-electron chi connectivity index (χ1n) is 6.50. The molecule has 0 aliphatic carbocycles. The second-order valence-corrected chi connectivity index (χ2v) is 4.53. The third-order valence-corrected chi connectivity index (χ3v) is 2.99. The fraction of sp³-hybridized carbons (Fsp3) is 0.267. The van der Waals surface area contributed by atoms with Gasteiger partial charge in [0, 0.05) is 30.1 Å². The van der Waals surface area contributed by atoms with Gasteiger partial charge in [0.05, 0.1) is 12.2 Å². The molecule has 20 heavy (non-hydrogen) atoms. The van der Waals surface area contributed by atoms with Crippen molar-refractivity contribution in [2.24, 2.45) is 0 Å². The van der Waals surface area contributed by atoms with Gasteiger partial charge in [0.2, 0.25) is 5.56 Å². The molecule has 0 saturated heterocycles. The number of rotatable bonds is 4. The molecule has 0 radical (unpaired) electrons. The van der Waals surface area contributed by atoms with Crippen LogP contribution in [0.15, 0.2) is 41.3 Å². The maximum atomic E-state index is 12.4. The van der Waals surface area contributed by atoms with E-state index < -0.39 is 0 Å². The van der Waals surface area contributed by atoms with E-state index >= 15 is 0 Å². The fourth-order valence-corrected chi connectivity index (χ4v) is 1.97. The maximum Gasteiger partial charge on any atom is 0.254 e. The van der Waals surface area contributed by atoms with Crippen molar-refractivity contribution < 1.29 is 4.79 Å². The lowest BCUT2D eigenvalue weighted by atomic mass is 10.2. The van der Waals surface area contributed by atoms with Crippen LogP contribution in [0, 0.1) is 6.92 Å². The topological polar surface area (TPSA) is 66.1 Å². The number of aryl methyl sites for hydroxylation is 1. The molecule has 0 fully saturated rings. The lowest BCUT2D eigenvalue weighted by Gasteiger charge is -2.20. The summed E-state index contributed by atoms with van der Waals surface area (Å²) in [4.78, 5) is 32.2. The highest BCUT2D eigenvalue weighted by atomic mass is 16.2. The van der Waals surface area contributed by atoms with Gasteiger partial charge in [-0.15, -0.1) is 0 Å². The molecule has 1 N–H and O–H groups in total. The molecule has 2 rings (SSSR count). The predicted octanol–water partition coefficient (Wildman–Crippen LogP) is 1.74. The first-order chi connectivity index (χ1) is 9.60. The Morgan fingerprint density at radius 1 is 1.35 bits per heavy atom. The summed E-state index contributed by atoms with van der Waals surface area (Å²) in [7, 11) is 0. The Balaban J connectivity index is 2.20. The van der Waals surface area contributed by atoms with Crippen LogP contribution >= 0.6 is 0 Å². The molecule has 0 unspecified atom stereocenters. The van der Waals surface area contributed by atoms with Crippen LogP contribution in [-0.4, -0.2) is 27.3 Å². The van der Waals surface area contributed by atoms with Crippen LogP contribution < -0.4 is 5.56 Å². The van der Waals surface area contributed by atoms with Gasteiger partial charge in [0.1, 0.15) is 0 Å². The second-order valence-electron chi connectivity index (χ2n) is 4.53. The molecule has 0 atom stereocenters. The first kappa shape index (κ1) is 14.0. The smallest absolute Gasteiger partial charge is 0.254 e. The summed E-state index contributed by atoms with van der Waals surface area (Å²) in [6, 6.07) is 8.65. The van der Waals surface area contributed by atoms with Crippen LogP contribution in [0.4, 0.5) is 0 Å². The molecule has 0 bridgehead atoms. The zero-order valence-corrected chi connectivity index (χ0v) is 11.6. The second kappa shape index (κ2) is 6.14. The van der Waals surface area contributed by atoms with Gasteiger partial charge >= 0.3 is 0 Å². The summed E-state index contributed by atoms with van der Waals surface area (Å²) in [5.74, 6) is -0.165. The summed E-state index contributed by atoms with van der Waals surface area (Å²) in [5.41, 5.74) is 1.87. The molecule has 5 heteroatoms. The van der Waals surface area contributed by atoms with Crippen LogP contribution in [0.3, 0.4) is 0 Å². The van der Waals surface area contributed by atoms with Gasteiger partial charge in [0.15, 0.2) is 0 Å². The zero-order valence-electron chi connectivity index (χ0n) is 11.6. The number of pyridine rings is 2. The van der Waals surface area contributed by atoms with Gasteiger partial charge in [-0.1, -0.05) is 6.07 Å². The Bertz CT molecular complexity index is 664. The minimum Gasteiger partial charge on any atom is -0.333 e. The molecule has 2 aromatic heterocycles. The van der Waals surface area contributed by atoms with Gasteiger partial charge in [-0.2, -0.15) is 0 Å². The van der Waals surface area contributed by atoms with E-state index in [0.717, 1.165) is 11.4 Å². The molecule has 1 amide bonds. The minimum absolute atomic E-state index is 0.165. The van der Waals surface area contributed by atoms with E-state index in [0.29, 0.717) is 18.7 Å². The Morgan fingerprint density at radius 3 is 2.80 bits per heavy atom. The SMILES string of the molecule is CCN(Cc1cccc(C)n1)C(=O)c1cc[nH]c(=O)c1. The van der Waals surface area contributed by atoms with E-state index in [2.05, 4.69) is 9.97 Å². The summed E-state index contributed by atoms with van der Waals surface area (Å²) >= 11 is 0. The van der Waals surface area contributed by atoms with Gasteiger partial charge in [-0.3, -0.25) is 14.6 Å². The Morgan fingerprint density at radius 2 is 2.15 bits per heavy atom. The van der Waals surface area contributed by atoms with E-state index in [1.54, 1.807) is 11.0 Å². The number of carbonyl (C=O) groups excluding carboxylic acids is 1. The van der Waals surface area contributed by atoms with Crippen molar-refractivity contribution in [3.8, 4) is 0 Å². The Hall–Kier alpha value is -2.43. The number of nitrogens with zero attached hydrogens (tertiary/aromatic N) is 2. The van der Waals surface area contributed by atoms with Gasteiger partial charge in [0.25, 0.3) is 5.91 Å². The molecular weight excluding hydrogens is 254 g/mol. The first-order valence-corrected chi connectivity index (χ1v) is 6.50. The summed E-state index contributed by atoms with van der Waals surface area (Å²) in [6.45, 7) is 4.81. The number of carbonyl (C=O) groups is 1. The van der Waals surface area contributed by atoms with Gasteiger partial charge in [-0.05, 0) is 32.0 Å². The van der Waals surface area contributed by atoms with Crippen LogP contribution in [0.5, 0.6) is 0 Å². The number of aromatic amines is 1. The van der Waals surface area contributed by atoms with Gasteiger partial charge in [-0.25, -0.2) is 0 Å². The Kier molecular flexibility index (Phi) is 4.30. The summed E-state index contributed by atoms with van der Waals surface area (Å²) < 4.78 is 0. The molecule has 2 aromatic rings. The number of nitrogens with one attached hydrogen (secondary N) is 1. The van der Waals surface area contributed by atoms with Crippen molar-refractivity contribution in [2.75, 3.05) is 6.54 Å². The Labute approximate surface area is 117 Å². The van der Waals surface area contributed by atoms with Crippen molar-refractivity contribution in [2.45, 2.75) is 20.4 Å². The van der Waals surface area contributed by atoms with Crippen molar-refractivity contribution in [3.63, 3.8) is 0 Å². The van der Waals surface area contributed by atoms with E-state index in [-0.39, 0.29) is 11.5 Å². The molecule has 104 valence electrons. The lowest BCUT2D eigenvalue weighted by molar-refractivity contribution is 0.0750. The van der Waals surface area contributed by atoms with E-state index in [1.165, 1.54) is 12.3 Å². The third kappa shape index (κ3) is 3.32. The van der Waals surface area contributed by atoms with E-state index in [9.17, 15) is 9.59 Å². The fourth-order valence-electron chi connectivity index (χ4n) is 1.97. The summed E-state index contributed by atoms with van der Waals surface area (Å²) in [5, 5.41) is 0. The molecule has 5 nitrogen and oxygen atoms in total. The van der Waals surface area contributed by atoms with Crippen molar-refractivity contribution >= 4 is 5.91 Å². The van der Waals surface area contributed by atoms with E-state index in [1.807, 2.05) is 32.0 Å². The normalized spacial score (nSPS) is 10.3. The van der Waals surface area contributed by atoms with E-state index in [4.69, 9.17) is 0 Å². The largest absolute Gasteiger partial charge is 0.333 e. The number of amides is 1. The van der Waals surface area contributed by atoms with Crippen LogP contribution in [0.1, 0.15) is 28.7 Å². The molecule has 0 spiro atoms. The van der Waals surface area contributed by atoms with Crippen molar-refractivity contribution in [1.29, 1.82) is 0 Å². The molecule has 2 heterocycles. The number of hydrogen-bond donors (Lipinski definition) is 1. The molecule has 0 aliphatic rings. The molecule has 0 saturated carbocycles. The highest BCUT2D eigenvalue weighted by molar-refractivity contribution is 5.93. The molecule has 0 aliphatic heterocycles. The molecular formula is C15H17N3O2. The lowest BCUT2D eigenvalue weighted by Crippen LogP contribution is -2.31. The zero-order chi connectivity index (χ0) is 14.5. The monoisotopic (exact) mass is 271 g/mol. The van der Waals surface area contributed by atoms with Crippen LogP contribution in [0.25, 0.3) is 0 Å². The van der Waals surface area contributed by atoms with Crippen molar-refractivity contribution in [1.82, 2.24) is 14.9 Å². The number of H-pyrrole nitrogens is 1. The average Bonchev–Trinajstić information content (AvgIpc) is 2.44. The third-order valence-electron chi connectivity index (χ3n) is 2.99. The quantitative estimate of drug-likeness (QED) is 0.921. The minimum atomic E-state index is -0.277. The number of hydrogen-bond acceptors (Lipinski definition) is 3. The van der Waals surface area contributed by atoms with Crippen molar-refractivity contribution in [3.05, 3.63) is 63.8 Å². The predicted molar refractivity (Wildman–Crippen MR) is 76.5 cm³/mol. The van der Waals surface area contributed by atoms with Crippen LogP contribution in [0.2, 0.25) is 0 Å². The molecule has 0 aromatic carbocycles. The number of aromatic nitrogens is 2. The standard InChI is InChI=1S/C15H17N3O2/c1-3-18(10-13-6-4-5-11(2)17-13)15(20)12-7-8-16-14(19)9-12/h4-9H,3,10H2,1-2H3,(H,16,19). The highest BCUT2D eigenvalue weighted by Crippen LogP contribution is 2.07. The highest BCUT2D eigenvalue weighted by Gasteiger charge is 2.15. The average molecular weight is 271 g/mol. The van der Waals surface area contributed by atoms with Crippen LogP contribution in [-0.2, 0) is 6.54 Å². The van der Waals surface area contributed by atoms with Gasteiger partial charge < -0.3 is 9.88 Å². The summed E-state index contributed by atoms with van der Waals surface area (Å²) in [6.07, 6.45) is 1.48. The maximum absolute atomic E-state index is 12.4.